The van der Waals surface area contributed by atoms with Crippen LogP contribution in [-0.4, -0.2) is 50.5 Å². The molecule has 1 N–H and O–H groups in total. The van der Waals surface area contributed by atoms with Crippen LogP contribution in [0.3, 0.4) is 0 Å². The van der Waals surface area contributed by atoms with Gasteiger partial charge in [-0.15, -0.1) is 0 Å². The van der Waals surface area contributed by atoms with Crippen molar-refractivity contribution < 1.29 is 4.79 Å². The molecule has 0 bridgehead atoms. The Morgan fingerprint density at radius 2 is 1.84 bits per heavy atom. The first-order valence-electron chi connectivity index (χ1n) is 12.0. The monoisotopic (exact) mass is 446 g/mol. The maximum Gasteiger partial charge on any atom is 0.223 e. The number of hydrogen-bond acceptors (Lipinski definition) is 6. The Hall–Kier alpha value is -1.83. The van der Waals surface area contributed by atoms with E-state index in [4.69, 9.17) is 9.97 Å². The number of nitrogens with zero attached hydrogens (tertiary/aromatic N) is 5. The zero-order valence-electron chi connectivity index (χ0n) is 19.6. The molecule has 1 aliphatic rings. The highest BCUT2D eigenvalue weighted by Crippen LogP contribution is 2.30. The molecule has 0 unspecified atom stereocenters. The molecular formula is C23H38N6OS. The van der Waals surface area contributed by atoms with Gasteiger partial charge in [0.05, 0.1) is 18.1 Å². The Morgan fingerprint density at radius 1 is 1.13 bits per heavy atom. The number of anilines is 1. The van der Waals surface area contributed by atoms with E-state index in [1.807, 2.05) is 10.9 Å². The standard InChI is InChI=1S/C23H38N6OS/c1-5-10-18(11-6-2)22(30)24-12-15-29-21-19(16-25-29)20(28-13-8-7-9-14-28)26-23(27-21)31-17(3)4/h16-18H,5-15H2,1-4H3,(H,24,30). The summed E-state index contributed by atoms with van der Waals surface area (Å²) in [5.41, 5.74) is 0.867. The number of thioether (sulfide) groups is 1. The van der Waals surface area contributed by atoms with Crippen molar-refractivity contribution in [2.75, 3.05) is 24.5 Å². The number of carbonyl (C=O) groups excluding carboxylic acids is 1. The topological polar surface area (TPSA) is 75.9 Å². The van der Waals surface area contributed by atoms with Crippen LogP contribution in [0.4, 0.5) is 5.82 Å². The highest BCUT2D eigenvalue weighted by atomic mass is 32.2. The van der Waals surface area contributed by atoms with Crippen LogP contribution in [-0.2, 0) is 11.3 Å². The lowest BCUT2D eigenvalue weighted by molar-refractivity contribution is -0.125. The number of piperidine rings is 1. The van der Waals surface area contributed by atoms with E-state index in [-0.39, 0.29) is 11.8 Å². The van der Waals surface area contributed by atoms with Crippen molar-refractivity contribution in [3.05, 3.63) is 6.20 Å². The van der Waals surface area contributed by atoms with E-state index >= 15 is 0 Å². The van der Waals surface area contributed by atoms with Crippen LogP contribution in [0.1, 0.15) is 72.6 Å². The molecule has 7 nitrogen and oxygen atoms in total. The average molecular weight is 447 g/mol. The van der Waals surface area contributed by atoms with Gasteiger partial charge in [-0.3, -0.25) is 4.79 Å². The second-order valence-electron chi connectivity index (χ2n) is 8.71. The highest BCUT2D eigenvalue weighted by Gasteiger charge is 2.21. The SMILES string of the molecule is CCCC(CCC)C(=O)NCCn1ncc2c(N3CCCCC3)nc(SC(C)C)nc21. The first kappa shape index (κ1) is 23.8. The summed E-state index contributed by atoms with van der Waals surface area (Å²) in [7, 11) is 0. The Morgan fingerprint density at radius 3 is 2.48 bits per heavy atom. The van der Waals surface area contributed by atoms with Gasteiger partial charge >= 0.3 is 0 Å². The molecule has 2 aromatic rings. The zero-order valence-corrected chi connectivity index (χ0v) is 20.4. The molecule has 172 valence electrons. The first-order chi connectivity index (χ1) is 15.0. The fourth-order valence-electron chi connectivity index (χ4n) is 4.23. The number of nitrogens with one attached hydrogen (secondary N) is 1. The lowest BCUT2D eigenvalue weighted by Gasteiger charge is -2.28. The summed E-state index contributed by atoms with van der Waals surface area (Å²) in [6.07, 6.45) is 9.56. The fourth-order valence-corrected chi connectivity index (χ4v) is 4.93. The van der Waals surface area contributed by atoms with E-state index in [9.17, 15) is 4.79 Å². The summed E-state index contributed by atoms with van der Waals surface area (Å²) in [4.78, 5) is 24.7. The molecule has 1 amide bonds. The van der Waals surface area contributed by atoms with Crippen molar-refractivity contribution in [3.8, 4) is 0 Å². The quantitative estimate of drug-likeness (QED) is 0.400. The molecule has 3 rings (SSSR count). The predicted molar refractivity (Wildman–Crippen MR) is 129 cm³/mol. The summed E-state index contributed by atoms with van der Waals surface area (Å²) in [6.45, 7) is 11.8. The first-order valence-corrected chi connectivity index (χ1v) is 12.8. The second-order valence-corrected chi connectivity index (χ2v) is 10.3. The van der Waals surface area contributed by atoms with E-state index in [0.717, 1.165) is 60.8 Å². The zero-order chi connectivity index (χ0) is 22.2. The van der Waals surface area contributed by atoms with Gasteiger partial charge in [-0.05, 0) is 32.1 Å². The van der Waals surface area contributed by atoms with Crippen LogP contribution in [0, 0.1) is 5.92 Å². The van der Waals surface area contributed by atoms with Gasteiger partial charge in [0.15, 0.2) is 10.8 Å². The number of hydrogen-bond donors (Lipinski definition) is 1. The van der Waals surface area contributed by atoms with Gasteiger partial charge in [0.1, 0.15) is 5.82 Å². The maximum absolute atomic E-state index is 12.6. The predicted octanol–water partition coefficient (Wildman–Crippen LogP) is 4.65. The molecule has 1 fully saturated rings. The molecule has 1 saturated heterocycles. The van der Waals surface area contributed by atoms with Gasteiger partial charge in [-0.25, -0.2) is 14.6 Å². The van der Waals surface area contributed by atoms with E-state index in [0.29, 0.717) is 18.3 Å². The molecule has 0 spiro atoms. The van der Waals surface area contributed by atoms with Gasteiger partial charge in [0.25, 0.3) is 0 Å². The molecule has 0 aliphatic carbocycles. The van der Waals surface area contributed by atoms with Crippen molar-refractivity contribution in [1.29, 1.82) is 0 Å². The van der Waals surface area contributed by atoms with E-state index < -0.39 is 0 Å². The molecular weight excluding hydrogens is 408 g/mol. The molecule has 0 atom stereocenters. The number of amides is 1. The van der Waals surface area contributed by atoms with Gasteiger partial charge in [0.2, 0.25) is 5.91 Å². The van der Waals surface area contributed by atoms with Gasteiger partial charge < -0.3 is 10.2 Å². The molecule has 2 aromatic heterocycles. The largest absolute Gasteiger partial charge is 0.356 e. The number of fused-ring (bicyclic) bond motifs is 1. The third kappa shape index (κ3) is 6.34. The summed E-state index contributed by atoms with van der Waals surface area (Å²) in [5, 5.41) is 9.96. The van der Waals surface area contributed by atoms with Crippen molar-refractivity contribution in [2.24, 2.45) is 5.92 Å². The Bertz CT molecular complexity index is 840. The normalized spacial score (nSPS) is 14.7. The molecule has 0 aromatic carbocycles. The van der Waals surface area contributed by atoms with Crippen LogP contribution < -0.4 is 10.2 Å². The van der Waals surface area contributed by atoms with Gasteiger partial charge in [-0.1, -0.05) is 52.3 Å². The Balaban J connectivity index is 1.77. The van der Waals surface area contributed by atoms with E-state index in [1.165, 1.54) is 19.3 Å². The molecule has 1 aliphatic heterocycles. The van der Waals surface area contributed by atoms with Crippen molar-refractivity contribution in [2.45, 2.75) is 89.6 Å². The summed E-state index contributed by atoms with van der Waals surface area (Å²) in [5.74, 6) is 1.29. The molecule has 3 heterocycles. The number of aromatic nitrogens is 4. The van der Waals surface area contributed by atoms with Gasteiger partial charge in [0, 0.05) is 30.8 Å². The van der Waals surface area contributed by atoms with Crippen LogP contribution >= 0.6 is 11.8 Å². The third-order valence-corrected chi connectivity index (χ3v) is 6.59. The fraction of sp³-hybridized carbons (Fsp3) is 0.739. The molecule has 0 saturated carbocycles. The van der Waals surface area contributed by atoms with Crippen LogP contribution in [0.5, 0.6) is 0 Å². The number of carbonyl (C=O) groups is 1. The van der Waals surface area contributed by atoms with Crippen molar-refractivity contribution in [1.82, 2.24) is 25.1 Å². The maximum atomic E-state index is 12.6. The molecule has 31 heavy (non-hydrogen) atoms. The second kappa shape index (κ2) is 11.7. The van der Waals surface area contributed by atoms with Crippen LogP contribution in [0.2, 0.25) is 0 Å². The van der Waals surface area contributed by atoms with Crippen molar-refractivity contribution in [3.63, 3.8) is 0 Å². The van der Waals surface area contributed by atoms with Crippen molar-refractivity contribution >= 4 is 34.5 Å². The molecule has 0 radical (unpaired) electrons. The lowest BCUT2D eigenvalue weighted by atomic mass is 9.97. The minimum absolute atomic E-state index is 0.117. The minimum atomic E-state index is 0.117. The smallest absolute Gasteiger partial charge is 0.223 e. The highest BCUT2D eigenvalue weighted by molar-refractivity contribution is 7.99. The van der Waals surface area contributed by atoms with E-state index in [1.54, 1.807) is 11.8 Å². The molecule has 8 heteroatoms. The summed E-state index contributed by atoms with van der Waals surface area (Å²) < 4.78 is 1.92. The lowest BCUT2D eigenvalue weighted by Crippen LogP contribution is -2.33. The van der Waals surface area contributed by atoms with E-state index in [2.05, 4.69) is 43.0 Å². The Kier molecular flexibility index (Phi) is 8.99. The third-order valence-electron chi connectivity index (χ3n) is 5.72. The summed E-state index contributed by atoms with van der Waals surface area (Å²) >= 11 is 1.69. The summed E-state index contributed by atoms with van der Waals surface area (Å²) in [6, 6.07) is 0. The van der Waals surface area contributed by atoms with Crippen LogP contribution in [0.25, 0.3) is 11.0 Å². The average Bonchev–Trinajstić information content (AvgIpc) is 3.16. The number of rotatable bonds is 11. The van der Waals surface area contributed by atoms with Crippen LogP contribution in [0.15, 0.2) is 11.4 Å². The Labute approximate surface area is 190 Å². The minimum Gasteiger partial charge on any atom is -0.356 e. The van der Waals surface area contributed by atoms with Gasteiger partial charge in [-0.2, -0.15) is 5.10 Å².